The molecule has 18 heavy (non-hydrogen) atoms. The first-order chi connectivity index (χ1) is 8.75. The summed E-state index contributed by atoms with van der Waals surface area (Å²) in [5.41, 5.74) is 7.81. The van der Waals surface area contributed by atoms with Crippen LogP contribution >= 0.6 is 11.6 Å². The van der Waals surface area contributed by atoms with Gasteiger partial charge in [0.25, 0.3) is 0 Å². The Bertz CT molecular complexity index is 660. The standard InChI is InChI=1S/C14H11ClN2O/c15-11-8-17-6-5-10(11)14(16)13-7-9-3-1-2-4-12(9)18-13/h1-8,14H,16H2. The molecule has 0 spiro atoms. The van der Waals surface area contributed by atoms with Crippen LogP contribution in [0.1, 0.15) is 17.4 Å². The Labute approximate surface area is 109 Å². The molecule has 3 aromatic rings. The number of nitrogens with two attached hydrogens (primary N) is 1. The lowest BCUT2D eigenvalue weighted by Gasteiger charge is -2.10. The van der Waals surface area contributed by atoms with Gasteiger partial charge in [-0.2, -0.15) is 0 Å². The van der Waals surface area contributed by atoms with E-state index in [4.69, 9.17) is 21.8 Å². The Morgan fingerprint density at radius 1 is 1.22 bits per heavy atom. The Balaban J connectivity index is 2.07. The molecule has 0 amide bonds. The average Bonchev–Trinajstić information content (AvgIpc) is 2.82. The van der Waals surface area contributed by atoms with Gasteiger partial charge in [0.1, 0.15) is 11.3 Å². The highest BCUT2D eigenvalue weighted by Crippen LogP contribution is 2.29. The predicted molar refractivity (Wildman–Crippen MR) is 71.5 cm³/mol. The minimum Gasteiger partial charge on any atom is -0.459 e. The van der Waals surface area contributed by atoms with E-state index in [2.05, 4.69) is 4.98 Å². The lowest BCUT2D eigenvalue weighted by atomic mass is 10.1. The fraction of sp³-hybridized carbons (Fsp3) is 0.0714. The molecule has 0 aliphatic heterocycles. The van der Waals surface area contributed by atoms with Crippen molar-refractivity contribution in [3.05, 3.63) is 65.1 Å². The second-order valence-electron chi connectivity index (χ2n) is 4.06. The number of aromatic nitrogens is 1. The van der Waals surface area contributed by atoms with E-state index in [0.717, 1.165) is 16.5 Å². The van der Waals surface area contributed by atoms with Gasteiger partial charge in [0.2, 0.25) is 0 Å². The number of benzene rings is 1. The lowest BCUT2D eigenvalue weighted by molar-refractivity contribution is 0.525. The largest absolute Gasteiger partial charge is 0.459 e. The summed E-state index contributed by atoms with van der Waals surface area (Å²) < 4.78 is 5.74. The molecular weight excluding hydrogens is 248 g/mol. The Kier molecular flexibility index (Phi) is 2.78. The number of rotatable bonds is 2. The number of nitrogens with zero attached hydrogens (tertiary/aromatic N) is 1. The Morgan fingerprint density at radius 3 is 2.83 bits per heavy atom. The molecule has 3 rings (SSSR count). The number of pyridine rings is 1. The number of halogens is 1. The van der Waals surface area contributed by atoms with Crippen LogP contribution in [0.4, 0.5) is 0 Å². The zero-order chi connectivity index (χ0) is 12.5. The van der Waals surface area contributed by atoms with Crippen LogP contribution in [0.5, 0.6) is 0 Å². The first-order valence-electron chi connectivity index (χ1n) is 5.59. The summed E-state index contributed by atoms with van der Waals surface area (Å²) in [4.78, 5) is 3.95. The molecule has 0 aliphatic carbocycles. The highest BCUT2D eigenvalue weighted by atomic mass is 35.5. The molecule has 0 radical (unpaired) electrons. The Hall–Kier alpha value is -1.84. The maximum absolute atomic E-state index is 6.18. The second-order valence-corrected chi connectivity index (χ2v) is 4.47. The van der Waals surface area contributed by atoms with Gasteiger partial charge >= 0.3 is 0 Å². The number of hydrogen-bond acceptors (Lipinski definition) is 3. The average molecular weight is 259 g/mol. The summed E-state index contributed by atoms with van der Waals surface area (Å²) in [5, 5.41) is 1.58. The van der Waals surface area contributed by atoms with Gasteiger partial charge in [0.05, 0.1) is 11.1 Å². The summed E-state index contributed by atoms with van der Waals surface area (Å²) in [6.07, 6.45) is 3.25. The van der Waals surface area contributed by atoms with Crippen molar-refractivity contribution in [1.82, 2.24) is 4.98 Å². The molecule has 2 N–H and O–H groups in total. The van der Waals surface area contributed by atoms with Gasteiger partial charge in [0.15, 0.2) is 0 Å². The zero-order valence-electron chi connectivity index (χ0n) is 9.51. The molecule has 1 unspecified atom stereocenters. The molecule has 1 atom stereocenters. The van der Waals surface area contributed by atoms with Crippen molar-refractivity contribution in [3.63, 3.8) is 0 Å². The van der Waals surface area contributed by atoms with Crippen LogP contribution in [0.25, 0.3) is 11.0 Å². The highest BCUT2D eigenvalue weighted by molar-refractivity contribution is 6.31. The fourth-order valence-electron chi connectivity index (χ4n) is 1.95. The smallest absolute Gasteiger partial charge is 0.134 e. The Morgan fingerprint density at radius 2 is 2.06 bits per heavy atom. The van der Waals surface area contributed by atoms with E-state index in [9.17, 15) is 0 Å². The van der Waals surface area contributed by atoms with Crippen LogP contribution in [-0.2, 0) is 0 Å². The minimum atomic E-state index is -0.382. The van der Waals surface area contributed by atoms with Crippen molar-refractivity contribution in [2.75, 3.05) is 0 Å². The van der Waals surface area contributed by atoms with E-state index in [1.54, 1.807) is 18.5 Å². The van der Waals surface area contributed by atoms with E-state index in [1.165, 1.54) is 0 Å². The van der Waals surface area contributed by atoms with Crippen molar-refractivity contribution >= 4 is 22.6 Å². The number of hydrogen-bond donors (Lipinski definition) is 1. The first-order valence-corrected chi connectivity index (χ1v) is 5.97. The molecule has 3 nitrogen and oxygen atoms in total. The summed E-state index contributed by atoms with van der Waals surface area (Å²) >= 11 is 6.08. The van der Waals surface area contributed by atoms with Crippen molar-refractivity contribution < 1.29 is 4.42 Å². The summed E-state index contributed by atoms with van der Waals surface area (Å²) in [6.45, 7) is 0. The van der Waals surface area contributed by atoms with Gasteiger partial charge in [0, 0.05) is 17.8 Å². The van der Waals surface area contributed by atoms with Gasteiger partial charge in [-0.25, -0.2) is 0 Å². The van der Waals surface area contributed by atoms with E-state index < -0.39 is 0 Å². The van der Waals surface area contributed by atoms with Crippen molar-refractivity contribution in [2.45, 2.75) is 6.04 Å². The lowest BCUT2D eigenvalue weighted by Crippen LogP contribution is -2.11. The molecule has 0 fully saturated rings. The molecule has 1 aromatic carbocycles. The first kappa shape index (κ1) is 11.3. The van der Waals surface area contributed by atoms with Crippen LogP contribution < -0.4 is 5.73 Å². The van der Waals surface area contributed by atoms with Crippen LogP contribution in [-0.4, -0.2) is 4.98 Å². The SMILES string of the molecule is NC(c1cc2ccccc2o1)c1ccncc1Cl. The van der Waals surface area contributed by atoms with E-state index >= 15 is 0 Å². The minimum absolute atomic E-state index is 0.382. The summed E-state index contributed by atoms with van der Waals surface area (Å²) in [7, 11) is 0. The zero-order valence-corrected chi connectivity index (χ0v) is 10.3. The van der Waals surface area contributed by atoms with E-state index in [1.807, 2.05) is 30.3 Å². The van der Waals surface area contributed by atoms with Gasteiger partial charge in [-0.1, -0.05) is 29.8 Å². The molecule has 0 aliphatic rings. The number of fused-ring (bicyclic) bond motifs is 1. The van der Waals surface area contributed by atoms with Gasteiger partial charge in [-0.05, 0) is 23.8 Å². The maximum atomic E-state index is 6.18. The van der Waals surface area contributed by atoms with Crippen LogP contribution in [0.15, 0.2) is 53.2 Å². The van der Waals surface area contributed by atoms with Crippen LogP contribution in [0, 0.1) is 0 Å². The fourth-order valence-corrected chi connectivity index (χ4v) is 2.18. The van der Waals surface area contributed by atoms with Crippen molar-refractivity contribution in [3.8, 4) is 0 Å². The van der Waals surface area contributed by atoms with Crippen LogP contribution in [0.2, 0.25) is 5.02 Å². The van der Waals surface area contributed by atoms with Crippen molar-refractivity contribution in [1.29, 1.82) is 0 Å². The third-order valence-corrected chi connectivity index (χ3v) is 3.21. The second kappa shape index (κ2) is 4.44. The molecule has 0 saturated heterocycles. The molecule has 4 heteroatoms. The quantitative estimate of drug-likeness (QED) is 0.765. The molecule has 90 valence electrons. The third-order valence-electron chi connectivity index (χ3n) is 2.89. The molecular formula is C14H11ClN2O. The summed E-state index contributed by atoms with van der Waals surface area (Å²) in [5.74, 6) is 0.698. The van der Waals surface area contributed by atoms with E-state index in [0.29, 0.717) is 10.8 Å². The van der Waals surface area contributed by atoms with Gasteiger partial charge < -0.3 is 10.2 Å². The monoisotopic (exact) mass is 258 g/mol. The molecule has 2 aromatic heterocycles. The topological polar surface area (TPSA) is 52.0 Å². The maximum Gasteiger partial charge on any atom is 0.134 e. The van der Waals surface area contributed by atoms with Gasteiger partial charge in [-0.15, -0.1) is 0 Å². The number of furan rings is 1. The predicted octanol–water partition coefficient (Wildman–Crippen LogP) is 3.53. The normalized spacial score (nSPS) is 12.8. The molecule has 0 bridgehead atoms. The number of para-hydroxylation sites is 1. The van der Waals surface area contributed by atoms with Crippen LogP contribution in [0.3, 0.4) is 0 Å². The summed E-state index contributed by atoms with van der Waals surface area (Å²) in [6, 6.07) is 11.2. The highest BCUT2D eigenvalue weighted by Gasteiger charge is 2.16. The molecule has 2 heterocycles. The third kappa shape index (κ3) is 1.88. The van der Waals surface area contributed by atoms with Gasteiger partial charge in [-0.3, -0.25) is 4.98 Å². The van der Waals surface area contributed by atoms with E-state index in [-0.39, 0.29) is 6.04 Å². The molecule has 0 saturated carbocycles. The van der Waals surface area contributed by atoms with Crippen molar-refractivity contribution in [2.24, 2.45) is 5.73 Å².